The zero-order chi connectivity index (χ0) is 58.4. The van der Waals surface area contributed by atoms with Crippen molar-refractivity contribution in [2.24, 2.45) is 0 Å². The van der Waals surface area contributed by atoms with Crippen molar-refractivity contribution >= 4 is 17.3 Å². The molecule has 0 radical (unpaired) electrons. The SMILES string of the molecule is CN(C[C@@H]1Cc2c(N3CCOCC3)cc(C3CC[C@H](N(C)C[C@H]4Cc5c(nc(C6CC[C@H](N(C)C[C@H]7Cc8c(ccnc8N8CCOCC8)CN7)c7ncccc76)nc5N5CCOCC5)CN4)c4ncccc43)nc2CN1)[C@H]1CCCc2cccnc21. The van der Waals surface area contributed by atoms with Crippen molar-refractivity contribution in [3.05, 3.63) is 152 Å². The van der Waals surface area contributed by atoms with Crippen molar-refractivity contribution in [3.63, 3.8) is 0 Å². The van der Waals surface area contributed by atoms with Crippen molar-refractivity contribution in [1.29, 1.82) is 0 Å². The van der Waals surface area contributed by atoms with E-state index in [1.165, 1.54) is 73.8 Å². The predicted molar refractivity (Wildman–Crippen MR) is 337 cm³/mol. The van der Waals surface area contributed by atoms with Gasteiger partial charge < -0.3 is 44.9 Å². The van der Waals surface area contributed by atoms with E-state index in [1.54, 1.807) is 0 Å². The van der Waals surface area contributed by atoms with E-state index in [4.69, 9.17) is 49.1 Å². The van der Waals surface area contributed by atoms with Gasteiger partial charge in [-0.25, -0.2) is 15.0 Å². The second-order valence-electron chi connectivity index (χ2n) is 26.3. The van der Waals surface area contributed by atoms with Crippen molar-refractivity contribution < 1.29 is 14.2 Å². The summed E-state index contributed by atoms with van der Waals surface area (Å²) in [4.78, 5) is 52.2. The molecule has 19 nitrogen and oxygen atoms in total. The van der Waals surface area contributed by atoms with Gasteiger partial charge in [0.15, 0.2) is 0 Å². The fraction of sp³-hybridized carbons (Fsp3) is 0.574. The second kappa shape index (κ2) is 25.4. The summed E-state index contributed by atoms with van der Waals surface area (Å²) in [5.41, 5.74) is 17.9. The molecule has 19 heteroatoms. The van der Waals surface area contributed by atoms with E-state index in [2.05, 4.69) is 115 Å². The molecule has 3 aliphatic carbocycles. The van der Waals surface area contributed by atoms with Gasteiger partial charge in [-0.3, -0.25) is 34.6 Å². The standard InChI is InChI=1S/C68H88N16O3/c1-79(59-12-4-8-44-9-5-18-69-63(44)59)42-47-35-54-57(39-74-47)76-56(37-62(54)82-22-28-85-29-23-82)49-13-15-60(64-50(49)10-6-19-70-64)81(3)43-48-36-55-58(40-75-48)77-66(78-68(55)84-26-32-87-33-27-84)52-14-16-61(65-51(52)11-7-20-71-65)80(2)41-46-34-53-45(38-73-46)17-21-72-67(53)83-24-30-86-31-25-83/h5-7,9-11,17-21,37,46-49,52,59-61,73-75H,4,8,12-16,22-36,38-43H2,1-3H3/t46-,47+,48-,49?,52?,59+,60+,61+/m1/s1. The number of hydrogen-bond acceptors (Lipinski definition) is 19. The lowest BCUT2D eigenvalue weighted by atomic mass is 9.79. The molecular formula is C68H88N16O3. The van der Waals surface area contributed by atoms with Gasteiger partial charge in [0.2, 0.25) is 0 Å². The van der Waals surface area contributed by atoms with Crippen LogP contribution < -0.4 is 30.7 Å². The average Bonchev–Trinajstić information content (AvgIpc) is 2.11. The fourth-order valence-corrected chi connectivity index (χ4v) is 16.5. The molecule has 3 saturated heterocycles. The normalized spacial score (nSPS) is 26.4. The Labute approximate surface area is 513 Å². The highest BCUT2D eigenvalue weighted by Gasteiger charge is 2.40. The van der Waals surface area contributed by atoms with E-state index in [-0.39, 0.29) is 30.0 Å². The zero-order valence-corrected chi connectivity index (χ0v) is 51.4. The van der Waals surface area contributed by atoms with Crippen LogP contribution in [0.2, 0.25) is 0 Å². The Morgan fingerprint density at radius 1 is 0.483 bits per heavy atom. The number of nitrogens with zero attached hydrogens (tertiary/aromatic N) is 13. The van der Waals surface area contributed by atoms with E-state index in [0.717, 1.165) is 185 Å². The Morgan fingerprint density at radius 3 is 1.67 bits per heavy atom. The van der Waals surface area contributed by atoms with Gasteiger partial charge in [0.05, 0.1) is 91.9 Å². The van der Waals surface area contributed by atoms with E-state index in [0.29, 0.717) is 37.9 Å². The summed E-state index contributed by atoms with van der Waals surface area (Å²) >= 11 is 0. The number of hydrogen-bond donors (Lipinski definition) is 3. The van der Waals surface area contributed by atoms with Crippen molar-refractivity contribution in [1.82, 2.24) is 65.5 Å². The molecule has 2 unspecified atom stereocenters. The predicted octanol–water partition coefficient (Wildman–Crippen LogP) is 6.21. The van der Waals surface area contributed by atoms with Gasteiger partial charge in [-0.05, 0) is 144 Å². The van der Waals surface area contributed by atoms with Crippen LogP contribution in [0.3, 0.4) is 0 Å². The Balaban J connectivity index is 0.640. The van der Waals surface area contributed by atoms with Crippen LogP contribution in [0.25, 0.3) is 0 Å². The van der Waals surface area contributed by atoms with Crippen LogP contribution in [0.4, 0.5) is 17.3 Å². The molecule has 6 aromatic heterocycles. The Bertz CT molecular complexity index is 3410. The number of likely N-dealkylation sites (N-methyl/N-ethyl adjacent to an activating group) is 3. The first kappa shape index (κ1) is 57.3. The molecule has 0 saturated carbocycles. The van der Waals surface area contributed by atoms with Gasteiger partial charge >= 0.3 is 0 Å². The molecule has 0 amide bonds. The molecular weight excluding hydrogens is 1090 g/mol. The topological polar surface area (TPSA) is 173 Å². The number of nitrogens with one attached hydrogen (secondary N) is 3. The first-order valence-electron chi connectivity index (χ1n) is 32.9. The van der Waals surface area contributed by atoms with Crippen LogP contribution in [-0.2, 0) is 59.5 Å². The third-order valence-corrected chi connectivity index (χ3v) is 21.0. The molecule has 3 N–H and O–H groups in total. The summed E-state index contributed by atoms with van der Waals surface area (Å²) in [5, 5.41) is 11.9. The number of aromatic nitrogens is 7. The minimum Gasteiger partial charge on any atom is -0.378 e. The van der Waals surface area contributed by atoms with Gasteiger partial charge in [0.1, 0.15) is 17.5 Å². The number of morpholine rings is 3. The molecule has 3 fully saturated rings. The quantitative estimate of drug-likeness (QED) is 0.112. The molecule has 6 aromatic rings. The summed E-state index contributed by atoms with van der Waals surface area (Å²) in [6.07, 6.45) is 18.1. The summed E-state index contributed by atoms with van der Waals surface area (Å²) in [6.45, 7) is 14.7. The van der Waals surface area contributed by atoms with Gasteiger partial charge in [0.25, 0.3) is 0 Å². The number of fused-ring (bicyclic) bond motifs is 6. The molecule has 9 aliphatic rings. The third kappa shape index (κ3) is 11.7. The first-order chi connectivity index (χ1) is 42.8. The highest BCUT2D eigenvalue weighted by atomic mass is 16.5. The molecule has 8 atom stereocenters. The maximum absolute atomic E-state index is 5.95. The van der Waals surface area contributed by atoms with Crippen molar-refractivity contribution in [2.45, 2.75) is 132 Å². The molecule has 15 rings (SSSR count). The number of anilines is 3. The van der Waals surface area contributed by atoms with Crippen LogP contribution in [0.15, 0.2) is 73.3 Å². The van der Waals surface area contributed by atoms with E-state index < -0.39 is 0 Å². The lowest BCUT2D eigenvalue weighted by Crippen LogP contribution is -2.47. The van der Waals surface area contributed by atoms with E-state index in [1.807, 2.05) is 24.8 Å². The van der Waals surface area contributed by atoms with Crippen LogP contribution in [0.1, 0.15) is 147 Å². The van der Waals surface area contributed by atoms with Crippen LogP contribution >= 0.6 is 0 Å². The Hall–Kier alpha value is -6.13. The van der Waals surface area contributed by atoms with Crippen LogP contribution in [0.5, 0.6) is 0 Å². The summed E-state index contributed by atoms with van der Waals surface area (Å²) in [5.74, 6) is 3.37. The Morgan fingerprint density at radius 2 is 1.01 bits per heavy atom. The lowest BCUT2D eigenvalue weighted by molar-refractivity contribution is 0.122. The van der Waals surface area contributed by atoms with E-state index in [9.17, 15) is 0 Å². The summed E-state index contributed by atoms with van der Waals surface area (Å²) < 4.78 is 17.6. The highest BCUT2D eigenvalue weighted by Crippen LogP contribution is 2.46. The van der Waals surface area contributed by atoms with Gasteiger partial charge in [-0.2, -0.15) is 0 Å². The van der Waals surface area contributed by atoms with Crippen molar-refractivity contribution in [2.75, 3.05) is 134 Å². The first-order valence-corrected chi connectivity index (χ1v) is 32.9. The van der Waals surface area contributed by atoms with E-state index >= 15 is 0 Å². The van der Waals surface area contributed by atoms with Crippen LogP contribution in [-0.4, -0.2) is 187 Å². The Kier molecular flexibility index (Phi) is 16.7. The van der Waals surface area contributed by atoms with Gasteiger partial charge in [-0.1, -0.05) is 18.2 Å². The number of pyridine rings is 5. The third-order valence-electron chi connectivity index (χ3n) is 21.0. The molecule has 6 aliphatic heterocycles. The van der Waals surface area contributed by atoms with Gasteiger partial charge in [0, 0.05) is 150 Å². The summed E-state index contributed by atoms with van der Waals surface area (Å²) in [7, 11) is 6.89. The monoisotopic (exact) mass is 1180 g/mol. The molecule has 0 aromatic carbocycles. The minimum absolute atomic E-state index is 0.0594. The number of rotatable bonds is 14. The fourth-order valence-electron chi connectivity index (χ4n) is 16.5. The molecule has 458 valence electrons. The lowest BCUT2D eigenvalue weighted by Gasteiger charge is -2.40. The van der Waals surface area contributed by atoms with Gasteiger partial charge in [-0.15, -0.1) is 0 Å². The maximum Gasteiger partial charge on any atom is 0.138 e. The number of aryl methyl sites for hydroxylation is 1. The highest BCUT2D eigenvalue weighted by molar-refractivity contribution is 5.59. The van der Waals surface area contributed by atoms with Crippen LogP contribution in [0, 0.1) is 0 Å². The smallest absolute Gasteiger partial charge is 0.138 e. The minimum atomic E-state index is 0.0594. The second-order valence-corrected chi connectivity index (χ2v) is 26.3. The molecule has 0 bridgehead atoms. The van der Waals surface area contributed by atoms with Crippen molar-refractivity contribution in [3.8, 4) is 0 Å². The summed E-state index contributed by atoms with van der Waals surface area (Å²) in [6, 6.07) is 19.5. The number of ether oxygens (including phenoxy) is 3. The molecule has 87 heavy (non-hydrogen) atoms. The average molecular weight is 1180 g/mol. The largest absolute Gasteiger partial charge is 0.378 e. The molecule has 12 heterocycles. The zero-order valence-electron chi connectivity index (χ0n) is 51.4. The maximum atomic E-state index is 5.95. The molecule has 0 spiro atoms.